The first-order chi connectivity index (χ1) is 30.1. The van der Waals surface area contributed by atoms with Gasteiger partial charge in [0.2, 0.25) is 0 Å². The topological polar surface area (TPSA) is 19.6 Å². The van der Waals surface area contributed by atoms with Crippen LogP contribution < -0.4 is 20.9 Å². The largest absolute Gasteiger partial charge is 0.468 e. The van der Waals surface area contributed by atoms with Crippen molar-refractivity contribution in [1.29, 1.82) is 0 Å². The van der Waals surface area contributed by atoms with Crippen molar-refractivity contribution in [2.45, 2.75) is 122 Å². The van der Waals surface area contributed by atoms with E-state index in [1.165, 1.54) is 114 Å². The van der Waals surface area contributed by atoms with Gasteiger partial charge in [-0.1, -0.05) is 146 Å². The van der Waals surface area contributed by atoms with Gasteiger partial charge in [0.25, 0.3) is 6.71 Å². The predicted octanol–water partition coefficient (Wildman–Crippen LogP) is 14.4. The molecule has 3 heterocycles. The number of allylic oxidation sites excluding steroid dienone is 1. The van der Waals surface area contributed by atoms with Crippen LogP contribution in [0, 0.1) is 0 Å². The van der Waals surface area contributed by atoms with Gasteiger partial charge in [-0.05, 0) is 153 Å². The van der Waals surface area contributed by atoms with Crippen LogP contribution in [0.5, 0.6) is 0 Å². The summed E-state index contributed by atoms with van der Waals surface area (Å²) in [4.78, 5) is 5.36. The summed E-state index contributed by atoms with van der Waals surface area (Å²) in [6.07, 6.45) is 8.11. The molecule has 2 aliphatic heterocycles. The molecule has 63 heavy (non-hydrogen) atoms. The Labute approximate surface area is 374 Å². The summed E-state index contributed by atoms with van der Waals surface area (Å²) in [5, 5.41) is 3.78. The molecule has 12 rings (SSSR count). The third-order valence-corrected chi connectivity index (χ3v) is 16.4. The van der Waals surface area contributed by atoms with Crippen LogP contribution in [0.25, 0.3) is 32.9 Å². The van der Waals surface area contributed by atoms with Gasteiger partial charge in [0.15, 0.2) is 0 Å². The quantitative estimate of drug-likeness (QED) is 0.166. The van der Waals surface area contributed by atoms with Crippen LogP contribution in [-0.2, 0) is 21.7 Å². The van der Waals surface area contributed by atoms with E-state index in [1.807, 2.05) is 0 Å². The molecule has 0 fully saturated rings. The number of nitrogens with zero attached hydrogens (tertiary/aromatic N) is 2. The van der Waals surface area contributed by atoms with Crippen molar-refractivity contribution in [3.05, 3.63) is 166 Å². The van der Waals surface area contributed by atoms with Crippen LogP contribution in [0.4, 0.5) is 22.7 Å². The van der Waals surface area contributed by atoms with E-state index < -0.39 is 0 Å². The van der Waals surface area contributed by atoms with Crippen molar-refractivity contribution >= 4 is 62.3 Å². The number of para-hydroxylation sites is 1. The first-order valence-electron chi connectivity index (χ1n) is 23.6. The molecule has 6 aromatic carbocycles. The van der Waals surface area contributed by atoms with Gasteiger partial charge in [-0.2, -0.15) is 0 Å². The Hall–Kier alpha value is -5.74. The average Bonchev–Trinajstić information content (AvgIpc) is 3.64. The minimum absolute atomic E-state index is 0.0398. The summed E-state index contributed by atoms with van der Waals surface area (Å²) >= 11 is 0. The normalized spacial score (nSPS) is 21.1. The number of furan rings is 1. The highest BCUT2D eigenvalue weighted by Gasteiger charge is 2.53. The molecule has 0 radical (unpaired) electrons. The third kappa shape index (κ3) is 5.58. The fourth-order valence-electron chi connectivity index (χ4n) is 12.6. The lowest BCUT2D eigenvalue weighted by Gasteiger charge is -2.50. The van der Waals surface area contributed by atoms with E-state index in [4.69, 9.17) is 4.42 Å². The highest BCUT2D eigenvalue weighted by molar-refractivity contribution is 6.93. The van der Waals surface area contributed by atoms with E-state index in [2.05, 4.69) is 200 Å². The van der Waals surface area contributed by atoms with Crippen LogP contribution in [-0.4, -0.2) is 12.8 Å². The molecule has 3 nitrogen and oxygen atoms in total. The molecular weight excluding hydrogens is 763 g/mol. The van der Waals surface area contributed by atoms with Gasteiger partial charge in [0.05, 0.1) is 17.4 Å². The Balaban J connectivity index is 1.22. The Morgan fingerprint density at radius 3 is 1.81 bits per heavy atom. The van der Waals surface area contributed by atoms with Crippen LogP contribution >= 0.6 is 0 Å². The summed E-state index contributed by atoms with van der Waals surface area (Å²) in [5.41, 5.74) is 21.2. The second kappa shape index (κ2) is 13.2. The van der Waals surface area contributed by atoms with Gasteiger partial charge in [0.1, 0.15) is 5.58 Å². The molecule has 0 saturated carbocycles. The van der Waals surface area contributed by atoms with Crippen molar-refractivity contribution in [3.8, 4) is 11.1 Å². The van der Waals surface area contributed by atoms with Gasteiger partial charge >= 0.3 is 0 Å². The van der Waals surface area contributed by atoms with Crippen LogP contribution in [0.1, 0.15) is 117 Å². The predicted molar refractivity (Wildman–Crippen MR) is 268 cm³/mol. The lowest BCUT2D eigenvalue weighted by molar-refractivity contribution is 0.332. The highest BCUT2D eigenvalue weighted by Crippen LogP contribution is 2.55. The van der Waals surface area contributed by atoms with E-state index in [1.54, 1.807) is 0 Å². The average molecular weight is 823 g/mol. The number of benzene rings is 6. The molecule has 0 amide bonds. The van der Waals surface area contributed by atoms with E-state index >= 15 is 0 Å². The monoisotopic (exact) mass is 822 g/mol. The minimum atomic E-state index is -0.0398. The third-order valence-electron chi connectivity index (χ3n) is 16.4. The molecule has 314 valence electrons. The van der Waals surface area contributed by atoms with Crippen LogP contribution in [0.2, 0.25) is 0 Å². The van der Waals surface area contributed by atoms with Gasteiger partial charge in [-0.3, -0.25) is 0 Å². The maximum absolute atomic E-state index is 7.66. The summed E-state index contributed by atoms with van der Waals surface area (Å²) in [6.45, 7) is 22.0. The maximum Gasteiger partial charge on any atom is 0.292 e. The molecule has 0 spiro atoms. The van der Waals surface area contributed by atoms with Gasteiger partial charge in [0, 0.05) is 33.5 Å². The maximum atomic E-state index is 7.66. The fourth-order valence-corrected chi connectivity index (χ4v) is 12.6. The van der Waals surface area contributed by atoms with Gasteiger partial charge in [-0.15, -0.1) is 0 Å². The smallest absolute Gasteiger partial charge is 0.292 e. The minimum Gasteiger partial charge on any atom is -0.468 e. The molecule has 3 aliphatic carbocycles. The molecule has 1 atom stereocenters. The number of hydrogen-bond acceptors (Lipinski definition) is 3. The Kier molecular flexibility index (Phi) is 8.13. The van der Waals surface area contributed by atoms with E-state index in [-0.39, 0.29) is 34.4 Å². The van der Waals surface area contributed by atoms with Crippen molar-refractivity contribution < 1.29 is 4.42 Å². The van der Waals surface area contributed by atoms with E-state index in [9.17, 15) is 0 Å². The van der Waals surface area contributed by atoms with Crippen LogP contribution in [0.15, 0.2) is 149 Å². The molecule has 5 aliphatic rings. The Morgan fingerprint density at radius 1 is 0.571 bits per heavy atom. The SMILES string of the molecule is CC1=CC2=C3B(c4cc5c(cc4N2c2ccccc2)C(C)(C)CCC5(C)C)c2oc4cc5c(cc4c2N(c2ccc(-c4ccccc4)c4ccccc24)C3C1)C(C)(C)CCC5(C)C. The zero-order valence-electron chi connectivity index (χ0n) is 38.6. The molecule has 4 heteroatoms. The highest BCUT2D eigenvalue weighted by atomic mass is 16.3. The first-order valence-corrected chi connectivity index (χ1v) is 23.6. The van der Waals surface area contributed by atoms with Crippen molar-refractivity contribution in [2.24, 2.45) is 0 Å². The van der Waals surface area contributed by atoms with Crippen molar-refractivity contribution in [3.63, 3.8) is 0 Å². The standard InChI is InChI=1S/C59H59BN2O/c1-36-30-50-53-51(31-36)62(48-25-24-39(37-18-12-10-13-19-37)40-22-16-17-23-41(40)48)54-42-32-43-46(59(8,9)29-26-56(43,2)3)35-52(42)63-55(54)60(53)47-33-44-45(58(6,7)28-27-57(44,4)5)34-49(47)61(50)38-20-14-11-15-21-38/h10-25,30,32-35,51H,26-29,31H2,1-9H3. The molecule has 0 N–H and O–H groups in total. The molecule has 0 bridgehead atoms. The number of rotatable bonds is 3. The Morgan fingerprint density at radius 2 is 1.14 bits per heavy atom. The number of hydrogen-bond donors (Lipinski definition) is 0. The second-order valence-corrected chi connectivity index (χ2v) is 22.3. The van der Waals surface area contributed by atoms with Gasteiger partial charge in [-0.25, -0.2) is 0 Å². The molecule has 7 aromatic rings. The Bertz CT molecular complexity index is 3120. The molecule has 1 aromatic heterocycles. The van der Waals surface area contributed by atoms with Crippen molar-refractivity contribution in [2.75, 3.05) is 9.80 Å². The second-order valence-electron chi connectivity index (χ2n) is 22.3. The molecule has 0 saturated heterocycles. The lowest BCUT2D eigenvalue weighted by atomic mass is 9.33. The zero-order chi connectivity index (χ0) is 43.4. The zero-order valence-corrected chi connectivity index (χ0v) is 38.6. The first kappa shape index (κ1) is 38.9. The summed E-state index contributed by atoms with van der Waals surface area (Å²) in [5.74, 6) is 0. The van der Waals surface area contributed by atoms with Gasteiger partial charge < -0.3 is 14.2 Å². The summed E-state index contributed by atoms with van der Waals surface area (Å²) in [7, 11) is 0. The fraction of sp³-hybridized carbons (Fsp3) is 0.322. The number of fused-ring (bicyclic) bond motifs is 9. The van der Waals surface area contributed by atoms with Crippen molar-refractivity contribution in [1.82, 2.24) is 0 Å². The summed E-state index contributed by atoms with van der Waals surface area (Å²) in [6, 6.07) is 46.3. The van der Waals surface area contributed by atoms with E-state index in [0.29, 0.717) is 0 Å². The molecular formula is C59H59BN2O. The van der Waals surface area contributed by atoms with Crippen LogP contribution in [0.3, 0.4) is 0 Å². The lowest BCUT2D eigenvalue weighted by Crippen LogP contribution is -2.61. The van der Waals surface area contributed by atoms with E-state index in [0.717, 1.165) is 24.1 Å². The number of anilines is 4. The molecule has 1 unspecified atom stereocenters. The summed E-state index contributed by atoms with van der Waals surface area (Å²) < 4.78 is 7.66.